The fraction of sp³-hybridized carbons (Fsp3) is 0.714. The van der Waals surface area contributed by atoms with Gasteiger partial charge in [0.1, 0.15) is 17.5 Å². The zero-order valence-corrected chi connectivity index (χ0v) is 13.0. The van der Waals surface area contributed by atoms with E-state index >= 15 is 0 Å². The van der Waals surface area contributed by atoms with E-state index in [0.717, 1.165) is 24.7 Å². The van der Waals surface area contributed by atoms with E-state index in [-0.39, 0.29) is 11.0 Å². The molecule has 1 aromatic heterocycles. The Morgan fingerprint density at radius 2 is 2.05 bits per heavy atom. The highest BCUT2D eigenvalue weighted by atomic mass is 16.5. The normalized spacial score (nSPS) is 19.0. The van der Waals surface area contributed by atoms with Crippen LogP contribution in [-0.2, 0) is 10.2 Å². The lowest BCUT2D eigenvalue weighted by Crippen LogP contribution is -2.48. The molecular weight excluding hydrogens is 254 g/mol. The highest BCUT2D eigenvalue weighted by molar-refractivity contribution is 5.50. The lowest BCUT2D eigenvalue weighted by molar-refractivity contribution is -0.0279. The number of anilines is 2. The third-order valence-electron chi connectivity index (χ3n) is 3.28. The minimum Gasteiger partial charge on any atom is -0.372 e. The van der Waals surface area contributed by atoms with Crippen LogP contribution in [0.4, 0.5) is 11.6 Å². The molecule has 0 saturated carbocycles. The van der Waals surface area contributed by atoms with E-state index in [2.05, 4.69) is 49.9 Å². The van der Waals surface area contributed by atoms with Crippen LogP contribution in [0.25, 0.3) is 0 Å². The predicted octanol–water partition coefficient (Wildman–Crippen LogP) is 1.67. The number of hydrazine groups is 1. The zero-order valence-electron chi connectivity index (χ0n) is 13.0. The SMILES string of the molecule is CC1(C)CN(c2cc(NN)nc(C(C)(C)C)n2)CCO1. The number of ether oxygens (including phenoxy) is 1. The number of nitrogens with zero attached hydrogens (tertiary/aromatic N) is 3. The van der Waals surface area contributed by atoms with Crippen molar-refractivity contribution < 1.29 is 4.74 Å². The van der Waals surface area contributed by atoms with Crippen molar-refractivity contribution in [3.63, 3.8) is 0 Å². The summed E-state index contributed by atoms with van der Waals surface area (Å²) in [7, 11) is 0. The number of nitrogens with one attached hydrogen (secondary N) is 1. The molecule has 2 rings (SSSR count). The number of aromatic nitrogens is 2. The summed E-state index contributed by atoms with van der Waals surface area (Å²) >= 11 is 0. The summed E-state index contributed by atoms with van der Waals surface area (Å²) in [5.41, 5.74) is 2.34. The van der Waals surface area contributed by atoms with Crippen LogP contribution < -0.4 is 16.2 Å². The molecule has 0 bridgehead atoms. The summed E-state index contributed by atoms with van der Waals surface area (Å²) in [6.07, 6.45) is 0. The summed E-state index contributed by atoms with van der Waals surface area (Å²) in [6, 6.07) is 1.89. The molecule has 1 aromatic rings. The number of hydrogen-bond donors (Lipinski definition) is 2. The third kappa shape index (κ3) is 3.37. The molecule has 1 aliphatic rings. The van der Waals surface area contributed by atoms with E-state index in [4.69, 9.17) is 15.6 Å². The highest BCUT2D eigenvalue weighted by Crippen LogP contribution is 2.26. The summed E-state index contributed by atoms with van der Waals surface area (Å²) in [4.78, 5) is 11.4. The molecule has 0 aromatic carbocycles. The smallest absolute Gasteiger partial charge is 0.145 e. The number of morpholine rings is 1. The maximum Gasteiger partial charge on any atom is 0.145 e. The van der Waals surface area contributed by atoms with E-state index in [1.165, 1.54) is 0 Å². The quantitative estimate of drug-likeness (QED) is 0.633. The molecule has 1 fully saturated rings. The van der Waals surface area contributed by atoms with Gasteiger partial charge < -0.3 is 15.1 Å². The average molecular weight is 279 g/mol. The predicted molar refractivity (Wildman–Crippen MR) is 80.8 cm³/mol. The van der Waals surface area contributed by atoms with Gasteiger partial charge in [-0.1, -0.05) is 20.8 Å². The maximum absolute atomic E-state index is 5.75. The first-order chi connectivity index (χ1) is 9.21. The molecule has 6 nitrogen and oxygen atoms in total. The molecule has 1 saturated heterocycles. The second-order valence-electron chi connectivity index (χ2n) is 6.86. The number of nitrogen functional groups attached to an aromatic ring is 1. The third-order valence-corrected chi connectivity index (χ3v) is 3.28. The second kappa shape index (κ2) is 5.18. The van der Waals surface area contributed by atoms with Gasteiger partial charge in [-0.2, -0.15) is 0 Å². The van der Waals surface area contributed by atoms with Crippen LogP contribution in [0.2, 0.25) is 0 Å². The number of rotatable bonds is 2. The van der Waals surface area contributed by atoms with Crippen molar-refractivity contribution in [2.75, 3.05) is 30.0 Å². The standard InChI is InChI=1S/C14H25N5O/c1-13(2,3)12-16-10(18-15)8-11(17-12)19-6-7-20-14(4,5)9-19/h8H,6-7,9,15H2,1-5H3,(H,16,17,18). The van der Waals surface area contributed by atoms with Gasteiger partial charge in [-0.15, -0.1) is 0 Å². The van der Waals surface area contributed by atoms with Gasteiger partial charge in [0, 0.05) is 24.6 Å². The van der Waals surface area contributed by atoms with Gasteiger partial charge in [0.15, 0.2) is 0 Å². The molecule has 6 heteroatoms. The van der Waals surface area contributed by atoms with Gasteiger partial charge in [-0.05, 0) is 13.8 Å². The Morgan fingerprint density at radius 1 is 1.35 bits per heavy atom. The highest BCUT2D eigenvalue weighted by Gasteiger charge is 2.29. The van der Waals surface area contributed by atoms with Crippen LogP contribution >= 0.6 is 0 Å². The summed E-state index contributed by atoms with van der Waals surface area (Å²) < 4.78 is 5.75. The van der Waals surface area contributed by atoms with E-state index in [1.807, 2.05) is 6.07 Å². The Kier molecular flexibility index (Phi) is 3.88. The lowest BCUT2D eigenvalue weighted by atomic mass is 9.95. The molecule has 2 heterocycles. The summed E-state index contributed by atoms with van der Waals surface area (Å²) in [5.74, 6) is 7.85. The van der Waals surface area contributed by atoms with Gasteiger partial charge in [0.2, 0.25) is 0 Å². The number of hydrogen-bond acceptors (Lipinski definition) is 6. The number of nitrogens with two attached hydrogens (primary N) is 1. The van der Waals surface area contributed by atoms with E-state index in [1.54, 1.807) is 0 Å². The fourth-order valence-corrected chi connectivity index (χ4v) is 2.22. The van der Waals surface area contributed by atoms with Gasteiger partial charge in [0.05, 0.1) is 12.2 Å². The molecule has 1 aliphatic heterocycles. The topological polar surface area (TPSA) is 76.3 Å². The van der Waals surface area contributed by atoms with Gasteiger partial charge in [-0.25, -0.2) is 15.8 Å². The lowest BCUT2D eigenvalue weighted by Gasteiger charge is -2.39. The molecule has 0 radical (unpaired) electrons. The Balaban J connectivity index is 2.36. The maximum atomic E-state index is 5.75. The molecule has 0 unspecified atom stereocenters. The van der Waals surface area contributed by atoms with Crippen LogP contribution in [0.1, 0.15) is 40.4 Å². The zero-order chi connectivity index (χ0) is 15.0. The van der Waals surface area contributed by atoms with Crippen molar-refractivity contribution in [1.29, 1.82) is 0 Å². The molecule has 112 valence electrons. The van der Waals surface area contributed by atoms with Crippen molar-refractivity contribution in [2.24, 2.45) is 5.84 Å². The van der Waals surface area contributed by atoms with Crippen molar-refractivity contribution in [1.82, 2.24) is 9.97 Å². The van der Waals surface area contributed by atoms with Crippen LogP contribution in [0.5, 0.6) is 0 Å². The van der Waals surface area contributed by atoms with Crippen molar-refractivity contribution in [2.45, 2.75) is 45.6 Å². The van der Waals surface area contributed by atoms with E-state index in [9.17, 15) is 0 Å². The first-order valence-electron chi connectivity index (χ1n) is 6.96. The van der Waals surface area contributed by atoms with Crippen LogP contribution in [0.3, 0.4) is 0 Å². The monoisotopic (exact) mass is 279 g/mol. The molecule has 0 aliphatic carbocycles. The first kappa shape index (κ1) is 15.0. The van der Waals surface area contributed by atoms with Gasteiger partial charge in [0.25, 0.3) is 0 Å². The van der Waals surface area contributed by atoms with E-state index < -0.39 is 0 Å². The van der Waals surface area contributed by atoms with Crippen molar-refractivity contribution >= 4 is 11.6 Å². The van der Waals surface area contributed by atoms with Gasteiger partial charge >= 0.3 is 0 Å². The summed E-state index contributed by atoms with van der Waals surface area (Å²) in [5, 5.41) is 0. The Labute approximate surface area is 120 Å². The second-order valence-corrected chi connectivity index (χ2v) is 6.86. The Bertz CT molecular complexity index is 481. The molecule has 0 atom stereocenters. The molecule has 0 amide bonds. The Morgan fingerprint density at radius 3 is 2.60 bits per heavy atom. The van der Waals surface area contributed by atoms with Gasteiger partial charge in [-0.3, -0.25) is 0 Å². The average Bonchev–Trinajstić information content (AvgIpc) is 2.36. The largest absolute Gasteiger partial charge is 0.372 e. The van der Waals surface area contributed by atoms with Crippen molar-refractivity contribution in [3.05, 3.63) is 11.9 Å². The molecular formula is C14H25N5O. The Hall–Kier alpha value is -1.40. The van der Waals surface area contributed by atoms with E-state index in [0.29, 0.717) is 12.4 Å². The minimum atomic E-state index is -0.165. The van der Waals surface area contributed by atoms with Crippen LogP contribution in [-0.4, -0.2) is 35.3 Å². The fourth-order valence-electron chi connectivity index (χ4n) is 2.22. The first-order valence-corrected chi connectivity index (χ1v) is 6.96. The molecule has 0 spiro atoms. The molecule has 3 N–H and O–H groups in total. The minimum absolute atomic E-state index is 0.122. The molecule has 20 heavy (non-hydrogen) atoms. The van der Waals surface area contributed by atoms with Crippen molar-refractivity contribution in [3.8, 4) is 0 Å². The van der Waals surface area contributed by atoms with Crippen LogP contribution in [0.15, 0.2) is 6.07 Å². The van der Waals surface area contributed by atoms with Crippen LogP contribution in [0, 0.1) is 0 Å². The summed E-state index contributed by atoms with van der Waals surface area (Å²) in [6.45, 7) is 12.8.